The fourth-order valence-electron chi connectivity index (χ4n) is 1.27. The Morgan fingerprint density at radius 2 is 2.18 bits per heavy atom. The molecule has 0 radical (unpaired) electrons. The first kappa shape index (κ1) is 12.8. The van der Waals surface area contributed by atoms with Crippen LogP contribution in [-0.4, -0.2) is 19.0 Å². The molecule has 1 aromatic carbocycles. The summed E-state index contributed by atoms with van der Waals surface area (Å²) in [6.45, 7) is 2.36. The van der Waals surface area contributed by atoms with Gasteiger partial charge in [-0.2, -0.15) is 0 Å². The number of nitrogens with one attached hydrogen (secondary N) is 1. The zero-order chi connectivity index (χ0) is 12.5. The van der Waals surface area contributed by atoms with E-state index < -0.39 is 0 Å². The number of nitrogens with zero attached hydrogens (tertiary/aromatic N) is 3. The molecule has 0 aliphatic carbocycles. The van der Waals surface area contributed by atoms with Gasteiger partial charge >= 0.3 is 0 Å². The molecule has 0 saturated carbocycles. The van der Waals surface area contributed by atoms with Crippen molar-refractivity contribution in [1.29, 1.82) is 0 Å². The first-order valence-electron chi connectivity index (χ1n) is 5.26. The van der Waals surface area contributed by atoms with Crippen LogP contribution in [0.4, 0.5) is 0 Å². The molecule has 88 valence electrons. The van der Waals surface area contributed by atoms with Crippen LogP contribution in [0, 0.1) is 0 Å². The molecule has 0 aromatic heterocycles. The molecule has 0 spiro atoms. The topological polar surface area (TPSA) is 77.9 Å². The van der Waals surface area contributed by atoms with Gasteiger partial charge in [0.15, 0.2) is 0 Å². The molecule has 0 unspecified atom stereocenters. The van der Waals surface area contributed by atoms with Gasteiger partial charge in [-0.15, -0.1) is 0 Å². The number of amides is 1. The van der Waals surface area contributed by atoms with Gasteiger partial charge in [0.2, 0.25) is 5.91 Å². The summed E-state index contributed by atoms with van der Waals surface area (Å²) in [4.78, 5) is 14.2. The monoisotopic (exact) mass is 230 g/mol. The van der Waals surface area contributed by atoms with Crippen molar-refractivity contribution in [2.45, 2.75) is 6.92 Å². The maximum absolute atomic E-state index is 11.6. The van der Waals surface area contributed by atoms with Crippen LogP contribution in [0.25, 0.3) is 16.5 Å². The molecule has 0 saturated heterocycles. The van der Waals surface area contributed by atoms with E-state index >= 15 is 0 Å². The van der Waals surface area contributed by atoms with Crippen molar-refractivity contribution in [3.8, 4) is 0 Å². The summed E-state index contributed by atoms with van der Waals surface area (Å²) < 4.78 is 0. The molecule has 5 heteroatoms. The predicted octanol–water partition coefficient (Wildman–Crippen LogP) is 2.52. The summed E-state index contributed by atoms with van der Waals surface area (Å²) >= 11 is 0. The van der Waals surface area contributed by atoms with E-state index in [0.717, 1.165) is 5.56 Å². The van der Waals surface area contributed by atoms with E-state index in [1.165, 1.54) is 0 Å². The van der Waals surface area contributed by atoms with E-state index in [4.69, 9.17) is 5.53 Å². The van der Waals surface area contributed by atoms with E-state index in [1.54, 1.807) is 6.92 Å². The molecule has 17 heavy (non-hydrogen) atoms. The summed E-state index contributed by atoms with van der Waals surface area (Å²) in [7, 11) is 0. The lowest BCUT2D eigenvalue weighted by Crippen LogP contribution is -2.26. The number of carbonyl (C=O) groups is 1. The van der Waals surface area contributed by atoms with E-state index in [0.29, 0.717) is 12.1 Å². The summed E-state index contributed by atoms with van der Waals surface area (Å²) in [5.74, 6) is -0.151. The average Bonchev–Trinajstić information content (AvgIpc) is 2.35. The van der Waals surface area contributed by atoms with Crippen molar-refractivity contribution in [2.75, 3.05) is 13.1 Å². The van der Waals surface area contributed by atoms with Crippen molar-refractivity contribution in [1.82, 2.24) is 5.32 Å². The van der Waals surface area contributed by atoms with Gasteiger partial charge in [-0.3, -0.25) is 4.79 Å². The first-order valence-corrected chi connectivity index (χ1v) is 5.26. The molecule has 1 rings (SSSR count). The zero-order valence-electron chi connectivity index (χ0n) is 9.63. The Kier molecular flexibility index (Phi) is 5.34. The zero-order valence-corrected chi connectivity index (χ0v) is 9.63. The Balaban J connectivity index is 2.52. The Hall–Kier alpha value is -2.26. The molecular weight excluding hydrogens is 216 g/mol. The van der Waals surface area contributed by atoms with Crippen molar-refractivity contribution in [3.63, 3.8) is 0 Å². The summed E-state index contributed by atoms with van der Waals surface area (Å²) in [6.07, 6.45) is 1.81. The molecule has 0 atom stereocenters. The smallest absolute Gasteiger partial charge is 0.246 e. The molecule has 1 aromatic rings. The molecule has 0 bridgehead atoms. The van der Waals surface area contributed by atoms with E-state index in [1.807, 2.05) is 36.4 Å². The van der Waals surface area contributed by atoms with E-state index in [-0.39, 0.29) is 12.5 Å². The highest BCUT2D eigenvalue weighted by Crippen LogP contribution is 2.05. The molecule has 0 aliphatic heterocycles. The number of rotatable bonds is 5. The van der Waals surface area contributed by atoms with Gasteiger partial charge in [0.1, 0.15) is 0 Å². The first-order chi connectivity index (χ1) is 8.24. The van der Waals surface area contributed by atoms with Crippen LogP contribution in [0.3, 0.4) is 0 Å². The summed E-state index contributed by atoms with van der Waals surface area (Å²) in [5.41, 5.74) is 9.67. The third-order valence-electron chi connectivity index (χ3n) is 2.10. The lowest BCUT2D eigenvalue weighted by Gasteiger charge is -2.03. The minimum Gasteiger partial charge on any atom is -0.352 e. The third-order valence-corrected chi connectivity index (χ3v) is 2.10. The molecular formula is C12H14N4O. The molecule has 5 nitrogen and oxygen atoms in total. The highest BCUT2D eigenvalue weighted by Gasteiger charge is 2.02. The van der Waals surface area contributed by atoms with Crippen LogP contribution in [-0.2, 0) is 4.79 Å². The Morgan fingerprint density at radius 1 is 1.47 bits per heavy atom. The molecule has 1 N–H and O–H groups in total. The van der Waals surface area contributed by atoms with Crippen LogP contribution in [0.1, 0.15) is 12.5 Å². The second kappa shape index (κ2) is 7.09. The third kappa shape index (κ3) is 4.86. The fourth-order valence-corrected chi connectivity index (χ4v) is 1.27. The Bertz CT molecular complexity index is 447. The maximum Gasteiger partial charge on any atom is 0.246 e. The molecule has 1 amide bonds. The van der Waals surface area contributed by atoms with E-state index in [2.05, 4.69) is 15.3 Å². The lowest BCUT2D eigenvalue weighted by atomic mass is 10.1. The Labute approximate surface area is 99.8 Å². The van der Waals surface area contributed by atoms with Gasteiger partial charge in [-0.05, 0) is 24.1 Å². The number of hydrogen-bond acceptors (Lipinski definition) is 2. The second-order valence-electron chi connectivity index (χ2n) is 3.45. The van der Waals surface area contributed by atoms with Gasteiger partial charge in [0.05, 0.1) is 0 Å². The number of hydrogen-bond donors (Lipinski definition) is 1. The maximum atomic E-state index is 11.6. The molecule has 0 aliphatic rings. The standard InChI is InChI=1S/C12H14N4O/c1-10(9-11-5-3-2-4-6-11)12(17)14-7-8-15-16-13/h2-6,9H,7-8H2,1H3,(H,14,17)/b10-9+. The van der Waals surface area contributed by atoms with Crippen molar-refractivity contribution >= 4 is 12.0 Å². The van der Waals surface area contributed by atoms with Crippen molar-refractivity contribution in [3.05, 3.63) is 51.9 Å². The van der Waals surface area contributed by atoms with Crippen molar-refractivity contribution in [2.24, 2.45) is 5.11 Å². The van der Waals surface area contributed by atoms with Gasteiger partial charge in [0, 0.05) is 23.6 Å². The van der Waals surface area contributed by atoms with Gasteiger partial charge in [-0.25, -0.2) is 0 Å². The van der Waals surface area contributed by atoms with Crippen molar-refractivity contribution < 1.29 is 4.79 Å². The van der Waals surface area contributed by atoms with Gasteiger partial charge in [-0.1, -0.05) is 35.4 Å². The minimum absolute atomic E-state index is 0.151. The van der Waals surface area contributed by atoms with Crippen LogP contribution < -0.4 is 5.32 Å². The molecule has 0 fully saturated rings. The quantitative estimate of drug-likeness (QED) is 0.272. The van der Waals surface area contributed by atoms with Crippen LogP contribution in [0.15, 0.2) is 41.0 Å². The fraction of sp³-hybridized carbons (Fsp3) is 0.250. The summed E-state index contributed by atoms with van der Waals surface area (Å²) in [5, 5.41) is 6.00. The Morgan fingerprint density at radius 3 is 2.82 bits per heavy atom. The minimum atomic E-state index is -0.151. The van der Waals surface area contributed by atoms with Gasteiger partial charge in [0.25, 0.3) is 0 Å². The normalized spacial score (nSPS) is 10.5. The van der Waals surface area contributed by atoms with Crippen LogP contribution in [0.2, 0.25) is 0 Å². The SMILES string of the molecule is C/C(=C\c1ccccc1)C(=O)NCCN=[N+]=[N-]. The summed E-state index contributed by atoms with van der Waals surface area (Å²) in [6, 6.07) is 9.61. The van der Waals surface area contributed by atoms with Crippen LogP contribution >= 0.6 is 0 Å². The number of benzene rings is 1. The predicted molar refractivity (Wildman–Crippen MR) is 67.1 cm³/mol. The number of azide groups is 1. The van der Waals surface area contributed by atoms with Crippen LogP contribution in [0.5, 0.6) is 0 Å². The second-order valence-corrected chi connectivity index (χ2v) is 3.45. The highest BCUT2D eigenvalue weighted by atomic mass is 16.1. The van der Waals surface area contributed by atoms with Gasteiger partial charge < -0.3 is 5.32 Å². The average molecular weight is 230 g/mol. The van der Waals surface area contributed by atoms with E-state index in [9.17, 15) is 4.79 Å². The highest BCUT2D eigenvalue weighted by molar-refractivity contribution is 5.97. The largest absolute Gasteiger partial charge is 0.352 e. The number of carbonyl (C=O) groups excluding carboxylic acids is 1. The lowest BCUT2D eigenvalue weighted by molar-refractivity contribution is -0.117. The molecule has 0 heterocycles.